The molecule has 2 nitrogen and oxygen atoms in total. The fraction of sp³-hybridized carbons (Fsp3) is 0.333. The summed E-state index contributed by atoms with van der Waals surface area (Å²) in [4.78, 5) is 0. The highest BCUT2D eigenvalue weighted by Crippen LogP contribution is 2.21. The molecule has 0 fully saturated rings. The van der Waals surface area contributed by atoms with Gasteiger partial charge in [-0.15, -0.1) is 0 Å². The molecule has 2 aromatic rings. The molecule has 0 saturated heterocycles. The van der Waals surface area contributed by atoms with Crippen LogP contribution in [-0.4, -0.2) is 7.11 Å². The summed E-state index contributed by atoms with van der Waals surface area (Å²) in [6.45, 7) is 5.20. The molecule has 0 saturated carbocycles. The van der Waals surface area contributed by atoms with Gasteiger partial charge in [0.2, 0.25) is 0 Å². The summed E-state index contributed by atoms with van der Waals surface area (Å²) in [7, 11) is 1.69. The molecule has 0 aliphatic heterocycles. The predicted molar refractivity (Wildman–Crippen MR) is 91.7 cm³/mol. The largest absolute Gasteiger partial charge is 0.497 e. The van der Waals surface area contributed by atoms with E-state index in [2.05, 4.69) is 65.4 Å². The minimum Gasteiger partial charge on any atom is -0.497 e. The maximum atomic E-state index is 5.21. The van der Waals surface area contributed by atoms with Crippen LogP contribution in [-0.2, 0) is 6.54 Å². The highest BCUT2D eigenvalue weighted by Gasteiger charge is 2.09. The second-order valence-electron chi connectivity index (χ2n) is 5.20. The predicted octanol–water partition coefficient (Wildman–Crippen LogP) is 5.01. The van der Waals surface area contributed by atoms with E-state index < -0.39 is 0 Å². The summed E-state index contributed by atoms with van der Waals surface area (Å²) in [5.74, 6) is 0.900. The normalized spacial score (nSPS) is 12.2. The zero-order valence-electron chi connectivity index (χ0n) is 12.8. The Labute approximate surface area is 135 Å². The second kappa shape index (κ2) is 7.62. The summed E-state index contributed by atoms with van der Waals surface area (Å²) in [5.41, 5.74) is 3.88. The van der Waals surface area contributed by atoms with Crippen molar-refractivity contribution in [1.82, 2.24) is 5.32 Å². The van der Waals surface area contributed by atoms with E-state index in [0.717, 1.165) is 23.2 Å². The third kappa shape index (κ3) is 4.32. The monoisotopic (exact) mass is 347 g/mol. The number of aryl methyl sites for hydroxylation is 1. The van der Waals surface area contributed by atoms with Gasteiger partial charge in [0.15, 0.2) is 0 Å². The summed E-state index contributed by atoms with van der Waals surface area (Å²) >= 11 is 3.54. The Kier molecular flexibility index (Phi) is 5.83. The van der Waals surface area contributed by atoms with Crippen molar-refractivity contribution < 1.29 is 4.74 Å². The van der Waals surface area contributed by atoms with Gasteiger partial charge in [0.05, 0.1) is 7.11 Å². The Balaban J connectivity index is 2.02. The van der Waals surface area contributed by atoms with Crippen molar-refractivity contribution in [2.75, 3.05) is 7.11 Å². The molecular formula is C18H22BrNO. The topological polar surface area (TPSA) is 21.3 Å². The minimum absolute atomic E-state index is 0.361. The number of hydrogen-bond donors (Lipinski definition) is 1. The minimum atomic E-state index is 0.361. The summed E-state index contributed by atoms with van der Waals surface area (Å²) in [5, 5.41) is 3.63. The van der Waals surface area contributed by atoms with Crippen LogP contribution in [0.5, 0.6) is 5.75 Å². The molecule has 2 rings (SSSR count). The number of rotatable bonds is 6. The summed E-state index contributed by atoms with van der Waals surface area (Å²) < 4.78 is 6.37. The molecule has 3 heteroatoms. The fourth-order valence-electron chi connectivity index (χ4n) is 2.39. The highest BCUT2D eigenvalue weighted by atomic mass is 79.9. The molecule has 0 bridgehead atoms. The highest BCUT2D eigenvalue weighted by molar-refractivity contribution is 9.10. The molecular weight excluding hydrogens is 326 g/mol. The van der Waals surface area contributed by atoms with Gasteiger partial charge in [-0.1, -0.05) is 47.1 Å². The Morgan fingerprint density at radius 2 is 1.86 bits per heavy atom. The van der Waals surface area contributed by atoms with Gasteiger partial charge >= 0.3 is 0 Å². The lowest BCUT2D eigenvalue weighted by Gasteiger charge is -2.18. The van der Waals surface area contributed by atoms with E-state index in [-0.39, 0.29) is 0 Å². The number of benzene rings is 2. The zero-order chi connectivity index (χ0) is 15.2. The maximum absolute atomic E-state index is 5.21. The van der Waals surface area contributed by atoms with Crippen LogP contribution in [0.25, 0.3) is 0 Å². The zero-order valence-corrected chi connectivity index (χ0v) is 14.4. The molecule has 0 aliphatic carbocycles. The van der Waals surface area contributed by atoms with Crippen LogP contribution in [0.3, 0.4) is 0 Å². The first kappa shape index (κ1) is 16.1. The van der Waals surface area contributed by atoms with Crippen LogP contribution >= 0.6 is 15.9 Å². The molecule has 0 aromatic heterocycles. The summed E-state index contributed by atoms with van der Waals surface area (Å²) in [6.07, 6.45) is 1.06. The van der Waals surface area contributed by atoms with Gasteiger partial charge in [-0.25, -0.2) is 0 Å². The first-order chi connectivity index (χ1) is 10.1. The standard InChI is InChI=1S/C18H22BrNO/c1-4-18(15-6-8-16(21-3)9-7-15)20-12-14-5-10-17(19)13(2)11-14/h5-11,18,20H,4,12H2,1-3H3. The molecule has 0 aliphatic rings. The van der Waals surface area contributed by atoms with Crippen LogP contribution in [0, 0.1) is 6.92 Å². The van der Waals surface area contributed by atoms with E-state index in [9.17, 15) is 0 Å². The Bertz CT molecular complexity index is 580. The van der Waals surface area contributed by atoms with E-state index in [1.807, 2.05) is 12.1 Å². The van der Waals surface area contributed by atoms with Crippen molar-refractivity contribution in [2.45, 2.75) is 32.9 Å². The molecule has 1 N–H and O–H groups in total. The average Bonchev–Trinajstić information content (AvgIpc) is 2.52. The van der Waals surface area contributed by atoms with Gasteiger partial charge in [0.1, 0.15) is 5.75 Å². The van der Waals surface area contributed by atoms with Crippen molar-refractivity contribution in [1.29, 1.82) is 0 Å². The van der Waals surface area contributed by atoms with Crippen LogP contribution < -0.4 is 10.1 Å². The van der Waals surface area contributed by atoms with Crippen molar-refractivity contribution in [3.63, 3.8) is 0 Å². The smallest absolute Gasteiger partial charge is 0.118 e. The van der Waals surface area contributed by atoms with Crippen LogP contribution in [0.4, 0.5) is 0 Å². The van der Waals surface area contributed by atoms with Gasteiger partial charge in [0.25, 0.3) is 0 Å². The lowest BCUT2D eigenvalue weighted by Crippen LogP contribution is -2.20. The third-order valence-electron chi connectivity index (χ3n) is 3.70. The van der Waals surface area contributed by atoms with E-state index in [0.29, 0.717) is 6.04 Å². The molecule has 1 atom stereocenters. The van der Waals surface area contributed by atoms with E-state index in [1.165, 1.54) is 16.7 Å². The molecule has 0 spiro atoms. The molecule has 112 valence electrons. The number of halogens is 1. The number of hydrogen-bond acceptors (Lipinski definition) is 2. The molecule has 1 unspecified atom stereocenters. The van der Waals surface area contributed by atoms with Crippen molar-refractivity contribution in [3.8, 4) is 5.75 Å². The van der Waals surface area contributed by atoms with E-state index >= 15 is 0 Å². The lowest BCUT2D eigenvalue weighted by molar-refractivity contribution is 0.414. The third-order valence-corrected chi connectivity index (χ3v) is 4.59. The van der Waals surface area contributed by atoms with Crippen LogP contribution in [0.2, 0.25) is 0 Å². The quantitative estimate of drug-likeness (QED) is 0.793. The molecule has 21 heavy (non-hydrogen) atoms. The Hall–Kier alpha value is -1.32. The fourth-order valence-corrected chi connectivity index (χ4v) is 2.64. The number of methoxy groups -OCH3 is 1. The van der Waals surface area contributed by atoms with E-state index in [4.69, 9.17) is 4.74 Å². The van der Waals surface area contributed by atoms with Gasteiger partial charge < -0.3 is 10.1 Å². The van der Waals surface area contributed by atoms with Gasteiger partial charge in [-0.3, -0.25) is 0 Å². The van der Waals surface area contributed by atoms with Crippen molar-refractivity contribution >= 4 is 15.9 Å². The maximum Gasteiger partial charge on any atom is 0.118 e. The average molecular weight is 348 g/mol. The molecule has 0 radical (unpaired) electrons. The first-order valence-corrected chi connectivity index (χ1v) is 8.05. The summed E-state index contributed by atoms with van der Waals surface area (Å²) in [6, 6.07) is 15.1. The van der Waals surface area contributed by atoms with E-state index in [1.54, 1.807) is 7.11 Å². The first-order valence-electron chi connectivity index (χ1n) is 7.26. The van der Waals surface area contributed by atoms with Gasteiger partial charge in [-0.05, 0) is 48.2 Å². The van der Waals surface area contributed by atoms with Gasteiger partial charge in [0, 0.05) is 17.1 Å². The van der Waals surface area contributed by atoms with Crippen molar-refractivity contribution in [2.24, 2.45) is 0 Å². The lowest BCUT2D eigenvalue weighted by atomic mass is 10.0. The van der Waals surface area contributed by atoms with Crippen molar-refractivity contribution in [3.05, 3.63) is 63.6 Å². The number of ether oxygens (including phenoxy) is 1. The van der Waals surface area contributed by atoms with Gasteiger partial charge in [-0.2, -0.15) is 0 Å². The molecule has 0 amide bonds. The molecule has 2 aromatic carbocycles. The second-order valence-corrected chi connectivity index (χ2v) is 6.05. The number of nitrogens with one attached hydrogen (secondary N) is 1. The SMILES string of the molecule is CCC(NCc1ccc(Br)c(C)c1)c1ccc(OC)cc1. The Morgan fingerprint density at radius 1 is 1.14 bits per heavy atom. The molecule has 0 heterocycles. The Morgan fingerprint density at radius 3 is 2.43 bits per heavy atom. The van der Waals surface area contributed by atoms with Crippen LogP contribution in [0.1, 0.15) is 36.1 Å². The van der Waals surface area contributed by atoms with Crippen LogP contribution in [0.15, 0.2) is 46.9 Å².